The van der Waals surface area contributed by atoms with Gasteiger partial charge in [0, 0.05) is 0 Å². The van der Waals surface area contributed by atoms with E-state index in [1.165, 1.54) is 0 Å². The zero-order valence-corrected chi connectivity index (χ0v) is 4.97. The molecule has 0 heterocycles. The molecule has 0 bridgehead atoms. The van der Waals surface area contributed by atoms with Crippen LogP contribution in [0.5, 0.6) is 0 Å². The number of hydrogen-bond donors (Lipinski definition) is 2. The van der Waals surface area contributed by atoms with E-state index in [1.807, 2.05) is 0 Å². The maximum absolute atomic E-state index is 9.77. The fraction of sp³-hybridized carbons (Fsp3) is 0.333. The van der Waals surface area contributed by atoms with E-state index in [0.717, 1.165) is 0 Å². The van der Waals surface area contributed by atoms with Crippen LogP contribution in [-0.2, 0) is 10.7 Å². The molecule has 47 valence electrons. The summed E-state index contributed by atoms with van der Waals surface area (Å²) in [5, 5.41) is 10.4. The number of thiol groups is 1. The molecule has 0 spiro atoms. The Morgan fingerprint density at radius 1 is 1.75 bits per heavy atom. The molecule has 8 heavy (non-hydrogen) atoms. The van der Waals surface area contributed by atoms with Crippen molar-refractivity contribution in [2.75, 3.05) is 5.75 Å². The molecule has 1 N–H and O–H groups in total. The molecule has 0 aliphatic carbocycles. The molecule has 0 unspecified atom stereocenters. The maximum atomic E-state index is 9.77. The number of hydrogen-bond acceptors (Lipinski definition) is 4. The van der Waals surface area contributed by atoms with Crippen molar-refractivity contribution in [3.63, 3.8) is 0 Å². The molecule has 0 atom stereocenters. The molecule has 0 saturated heterocycles. The Kier molecular flexibility index (Phi) is 3.18. The van der Waals surface area contributed by atoms with Crippen molar-refractivity contribution in [2.24, 2.45) is 5.16 Å². The summed E-state index contributed by atoms with van der Waals surface area (Å²) in [7, 11) is -2.50. The highest BCUT2D eigenvalue weighted by Crippen LogP contribution is 1.72. The van der Waals surface area contributed by atoms with Crippen molar-refractivity contribution in [2.45, 2.75) is 0 Å². The van der Waals surface area contributed by atoms with Gasteiger partial charge < -0.3 is 5.21 Å². The van der Waals surface area contributed by atoms with Crippen LogP contribution < -0.4 is 0 Å². The molecule has 0 aromatic rings. The minimum absolute atomic E-state index is 0.0406. The first-order valence-electron chi connectivity index (χ1n) is 1.81. The molecule has 0 rings (SSSR count). The predicted octanol–water partition coefficient (Wildman–Crippen LogP) is -0.738. The largest absolute Gasteiger partial charge is 0.411 e. The molecule has 1 radical (unpaired) electrons. The molecule has 0 aliphatic heterocycles. The number of nitrogens with zero attached hydrogens (tertiary/aromatic N) is 1. The van der Waals surface area contributed by atoms with Gasteiger partial charge >= 0.3 is 0 Å². The Morgan fingerprint density at radius 2 is 2.25 bits per heavy atom. The molecule has 0 aliphatic rings. The normalized spacial score (nSPS) is 12.5. The Balaban J connectivity index is 3.74. The quantitative estimate of drug-likeness (QED) is 0.227. The summed E-state index contributed by atoms with van der Waals surface area (Å²) in [6.07, 6.45) is 0. The smallest absolute Gasteiger partial charge is 0.145 e. The molecule has 0 fully saturated rings. The number of oxime groups is 1. The van der Waals surface area contributed by atoms with Gasteiger partial charge in [0.05, 0.1) is 11.5 Å². The van der Waals surface area contributed by atoms with Gasteiger partial charge in [-0.3, -0.25) is 0 Å². The van der Waals surface area contributed by atoms with Gasteiger partial charge in [-0.1, -0.05) is 5.16 Å². The lowest BCUT2D eigenvalue weighted by Gasteiger charge is -1.82. The van der Waals surface area contributed by atoms with Gasteiger partial charge in [-0.05, 0) is 6.92 Å². The molecule has 4 nitrogen and oxygen atoms in total. The highest BCUT2D eigenvalue weighted by atomic mass is 32.2. The van der Waals surface area contributed by atoms with Gasteiger partial charge in [0.25, 0.3) is 0 Å². The molecular weight excluding hydrogens is 130 g/mol. The van der Waals surface area contributed by atoms with Crippen LogP contribution in [0.2, 0.25) is 0 Å². The fourth-order valence-corrected chi connectivity index (χ4v) is 0.542. The van der Waals surface area contributed by atoms with Crippen molar-refractivity contribution >= 4 is 16.4 Å². The summed E-state index contributed by atoms with van der Waals surface area (Å²) in [6.45, 7) is 3.11. The van der Waals surface area contributed by atoms with Gasteiger partial charge in [-0.15, -0.1) is 0 Å². The summed E-state index contributed by atoms with van der Waals surface area (Å²) in [5.74, 6) is -0.272. The van der Waals surface area contributed by atoms with Crippen LogP contribution >= 0.6 is 0 Å². The molecule has 5 heteroatoms. The highest BCUT2D eigenvalue weighted by molar-refractivity contribution is 7.73. The monoisotopic (exact) mass is 136 g/mol. The van der Waals surface area contributed by atoms with E-state index in [-0.39, 0.29) is 11.5 Å². The summed E-state index contributed by atoms with van der Waals surface area (Å²) in [5.41, 5.74) is -0.0406. The second-order valence-electron chi connectivity index (χ2n) is 1.16. The lowest BCUT2D eigenvalue weighted by atomic mass is 10.5. The Morgan fingerprint density at radius 3 is 2.38 bits per heavy atom. The van der Waals surface area contributed by atoms with E-state index in [1.54, 1.807) is 0 Å². The van der Waals surface area contributed by atoms with Gasteiger partial charge in [0.15, 0.2) is 0 Å². The topological polar surface area (TPSA) is 66.7 Å². The third-order valence-electron chi connectivity index (χ3n) is 0.453. The van der Waals surface area contributed by atoms with E-state index in [0.29, 0.717) is 0 Å². The zero-order valence-electron chi connectivity index (χ0n) is 4.07. The molecular formula is C3H6NO3S. The van der Waals surface area contributed by atoms with Crippen LogP contribution in [0.25, 0.3) is 0 Å². The van der Waals surface area contributed by atoms with E-state index in [9.17, 15) is 8.42 Å². The summed E-state index contributed by atoms with van der Waals surface area (Å²) in [4.78, 5) is 0. The second kappa shape index (κ2) is 3.43. The lowest BCUT2D eigenvalue weighted by molar-refractivity contribution is 0.319. The standard InChI is InChI=1S/C3H6NO3S/c1-3(4-5)2-8(6)7/h5,8H,1-2H2. The van der Waals surface area contributed by atoms with E-state index >= 15 is 0 Å². The zero-order chi connectivity index (χ0) is 6.57. The Labute approximate surface area is 48.8 Å². The fourth-order valence-electron chi connectivity index (χ4n) is 0.181. The maximum Gasteiger partial charge on any atom is 0.145 e. The first kappa shape index (κ1) is 7.42. The van der Waals surface area contributed by atoms with Gasteiger partial charge in [0.1, 0.15) is 10.7 Å². The van der Waals surface area contributed by atoms with Gasteiger partial charge in [0.2, 0.25) is 0 Å². The van der Waals surface area contributed by atoms with Crippen LogP contribution in [0.3, 0.4) is 0 Å². The van der Waals surface area contributed by atoms with Crippen LogP contribution in [0.15, 0.2) is 5.16 Å². The first-order chi connectivity index (χ1) is 3.66. The van der Waals surface area contributed by atoms with Crippen molar-refractivity contribution < 1.29 is 13.6 Å². The van der Waals surface area contributed by atoms with Gasteiger partial charge in [-0.2, -0.15) is 0 Å². The summed E-state index contributed by atoms with van der Waals surface area (Å²) >= 11 is 0. The van der Waals surface area contributed by atoms with Crippen molar-refractivity contribution in [3.05, 3.63) is 6.92 Å². The highest BCUT2D eigenvalue weighted by Gasteiger charge is 1.90. The van der Waals surface area contributed by atoms with Crippen molar-refractivity contribution in [1.82, 2.24) is 0 Å². The Bertz CT molecular complexity index is 152. The van der Waals surface area contributed by atoms with Crippen molar-refractivity contribution in [3.8, 4) is 0 Å². The van der Waals surface area contributed by atoms with E-state index in [2.05, 4.69) is 12.1 Å². The second-order valence-corrected chi connectivity index (χ2v) is 2.14. The molecule has 0 aromatic heterocycles. The van der Waals surface area contributed by atoms with E-state index in [4.69, 9.17) is 5.21 Å². The molecule has 0 amide bonds. The third-order valence-corrected chi connectivity index (χ3v) is 1.08. The summed E-state index contributed by atoms with van der Waals surface area (Å²) in [6, 6.07) is 0. The SMILES string of the molecule is [CH2]C(C[SH](=O)=O)=NO. The summed E-state index contributed by atoms with van der Waals surface area (Å²) < 4.78 is 19.5. The van der Waals surface area contributed by atoms with Crippen molar-refractivity contribution in [1.29, 1.82) is 0 Å². The van der Waals surface area contributed by atoms with Crippen LogP contribution in [0.1, 0.15) is 0 Å². The first-order valence-corrected chi connectivity index (χ1v) is 3.17. The lowest BCUT2D eigenvalue weighted by Crippen LogP contribution is -2.00. The average Bonchev–Trinajstić information content (AvgIpc) is 1.65. The third kappa shape index (κ3) is 3.60. The minimum Gasteiger partial charge on any atom is -0.411 e. The molecule has 0 aromatic carbocycles. The molecule has 0 saturated carbocycles. The van der Waals surface area contributed by atoms with Crippen LogP contribution in [0, 0.1) is 6.92 Å². The van der Waals surface area contributed by atoms with Gasteiger partial charge in [-0.25, -0.2) is 8.42 Å². The number of rotatable bonds is 2. The van der Waals surface area contributed by atoms with Crippen LogP contribution in [0.4, 0.5) is 0 Å². The predicted molar refractivity (Wildman–Crippen MR) is 29.8 cm³/mol. The van der Waals surface area contributed by atoms with E-state index < -0.39 is 10.7 Å². The minimum atomic E-state index is -2.50. The average molecular weight is 136 g/mol. The Hall–Kier alpha value is -0.580. The van der Waals surface area contributed by atoms with Crippen LogP contribution in [-0.4, -0.2) is 25.1 Å².